The average Bonchev–Trinajstić information content (AvgIpc) is 4.24. The number of aromatic nitrogens is 11. The van der Waals surface area contributed by atoms with E-state index in [1.54, 1.807) is 66.2 Å². The summed E-state index contributed by atoms with van der Waals surface area (Å²) in [6.07, 6.45) is 5.80. The molecule has 0 atom stereocenters. The number of amides is 5. The van der Waals surface area contributed by atoms with Gasteiger partial charge in [-0.05, 0) is 103 Å². The number of rotatable bonds is 17. The van der Waals surface area contributed by atoms with E-state index in [4.69, 9.17) is 35.6 Å². The number of likely N-dealkylation sites (tertiary alicyclic amines) is 1. The van der Waals surface area contributed by atoms with Gasteiger partial charge >= 0.3 is 6.09 Å². The van der Waals surface area contributed by atoms with Crippen molar-refractivity contribution in [2.75, 3.05) is 50.5 Å². The molecule has 0 unspecified atom stereocenters. The molecule has 0 saturated carbocycles. The minimum absolute atomic E-state index is 0.139. The Labute approximate surface area is 437 Å². The number of hydrogen-bond donors (Lipinski definition) is 4. The summed E-state index contributed by atoms with van der Waals surface area (Å²) in [5.41, 5.74) is 14.9. The van der Waals surface area contributed by atoms with Gasteiger partial charge in [-0.1, -0.05) is 12.2 Å². The molecule has 25 heteroatoms. The number of nitrogens with two attached hydrogens (primary N) is 2. The molecule has 5 aromatic heterocycles. The van der Waals surface area contributed by atoms with Crippen LogP contribution in [0.15, 0.2) is 48.6 Å². The van der Waals surface area contributed by atoms with Gasteiger partial charge < -0.3 is 44.3 Å². The van der Waals surface area contributed by atoms with Gasteiger partial charge in [0.1, 0.15) is 45.3 Å². The highest BCUT2D eigenvalue weighted by Crippen LogP contribution is 2.34. The molecule has 2 aromatic carbocycles. The number of methoxy groups -OCH3 is 1. The summed E-state index contributed by atoms with van der Waals surface area (Å²) in [4.78, 5) is 78.8. The van der Waals surface area contributed by atoms with Crippen LogP contribution in [-0.4, -0.2) is 138 Å². The summed E-state index contributed by atoms with van der Waals surface area (Å²) in [7, 11) is 4.80. The van der Waals surface area contributed by atoms with Crippen LogP contribution in [0.2, 0.25) is 0 Å². The maximum absolute atomic E-state index is 13.8. The second-order valence-corrected chi connectivity index (χ2v) is 20.0. The number of nitrogens with one attached hydrogen (secondary N) is 2. The van der Waals surface area contributed by atoms with Crippen LogP contribution >= 0.6 is 0 Å². The molecule has 1 fully saturated rings. The quantitative estimate of drug-likeness (QED) is 0.0725. The molecule has 25 nitrogen and oxygen atoms in total. The van der Waals surface area contributed by atoms with E-state index in [1.807, 2.05) is 32.9 Å². The maximum Gasteiger partial charge on any atom is 0.410 e. The third-order valence-corrected chi connectivity index (χ3v) is 13.3. The highest BCUT2D eigenvalue weighted by Gasteiger charge is 2.32. The first-order valence-corrected chi connectivity index (χ1v) is 25.0. The predicted molar refractivity (Wildman–Crippen MR) is 279 cm³/mol. The summed E-state index contributed by atoms with van der Waals surface area (Å²) < 4.78 is 26.4. The van der Waals surface area contributed by atoms with Gasteiger partial charge in [0, 0.05) is 63.9 Å². The van der Waals surface area contributed by atoms with Gasteiger partial charge in [0.2, 0.25) is 23.7 Å². The molecule has 0 aliphatic carbocycles. The molecule has 76 heavy (non-hydrogen) atoms. The molecular weight excluding hydrogens is 979 g/mol. The first kappa shape index (κ1) is 52.3. The number of piperidine rings is 1. The molecule has 2 aliphatic heterocycles. The Morgan fingerprint density at radius 3 is 1.78 bits per heavy atom. The average molecular weight is 1040 g/mol. The zero-order chi connectivity index (χ0) is 54.2. The zero-order valence-electron chi connectivity index (χ0n) is 43.9. The van der Waals surface area contributed by atoms with Crippen molar-refractivity contribution in [3.05, 3.63) is 94.1 Å². The molecule has 7 aromatic rings. The molecule has 0 bridgehead atoms. The Morgan fingerprint density at radius 1 is 0.737 bits per heavy atom. The molecule has 6 N–H and O–H groups in total. The number of imidazole rings is 2. The van der Waals surface area contributed by atoms with Gasteiger partial charge in [-0.3, -0.25) is 44.1 Å². The van der Waals surface area contributed by atoms with E-state index in [-0.39, 0.29) is 48.1 Å². The van der Waals surface area contributed by atoms with Crippen LogP contribution < -0.4 is 31.6 Å². The van der Waals surface area contributed by atoms with Crippen molar-refractivity contribution >= 4 is 63.7 Å². The molecule has 5 amide bonds. The molecular formula is C51H63N17O8. The molecule has 0 radical (unpaired) electrons. The van der Waals surface area contributed by atoms with Crippen LogP contribution in [0.5, 0.6) is 11.5 Å². The fraction of sp³-hybridized carbons (Fsp3) is 0.431. The van der Waals surface area contributed by atoms with E-state index in [1.165, 1.54) is 28.6 Å². The number of fused-ring (bicyclic) bond motifs is 3. The SMILES string of the molecule is COc1cc(C(N)=O)cc2nc(NC(=O)c3cc(C)nn3C)n(C/C=C/Cn3c(NC(=O)c4cc(C)nn4C)nc4cc(C(N)=O)cc(OCCCN5CCC(c6nnc7n6CCN(C(=O)OC(C)(C)C)C7)CC5)c43)c12. The Hall–Kier alpha value is -8.61. The zero-order valence-corrected chi connectivity index (χ0v) is 43.9. The Bertz CT molecular complexity index is 3420. The highest BCUT2D eigenvalue weighted by atomic mass is 16.6. The van der Waals surface area contributed by atoms with Crippen LogP contribution in [0.1, 0.15) is 111 Å². The number of carbonyl (C=O) groups is 5. The number of primary amides is 2. The summed E-state index contributed by atoms with van der Waals surface area (Å²) in [6, 6.07) is 9.51. The van der Waals surface area contributed by atoms with Crippen molar-refractivity contribution in [1.82, 2.24) is 63.2 Å². The van der Waals surface area contributed by atoms with E-state index in [2.05, 4.69) is 40.5 Å². The van der Waals surface area contributed by atoms with Gasteiger partial charge in [-0.2, -0.15) is 10.2 Å². The first-order chi connectivity index (χ1) is 36.2. The van der Waals surface area contributed by atoms with Gasteiger partial charge in [-0.25, -0.2) is 14.8 Å². The first-order valence-electron chi connectivity index (χ1n) is 25.0. The maximum atomic E-state index is 13.8. The lowest BCUT2D eigenvalue weighted by atomic mass is 9.95. The molecule has 7 heterocycles. The van der Waals surface area contributed by atoms with Crippen molar-refractivity contribution in [2.45, 2.75) is 91.6 Å². The van der Waals surface area contributed by atoms with E-state index in [0.717, 1.165) is 44.1 Å². The number of carbonyl (C=O) groups excluding carboxylic acids is 5. The standard InChI is InChI=1S/C51H63N17O8/c1-29-22-36(62(6)60-29)46(71)56-48-54-34-24-32(43(52)69)26-38(74-8)41(34)67(48)15-9-10-16-68-42-35(55-49(68)57-47(72)37-23-30(2)61-63(37)7)25-33(44(53)70)27-39(42)75-21-11-14-64-17-12-31(13-18-64)45-59-58-40-28-65(19-20-66(40)45)50(73)76-51(3,4)5/h9-10,22-27,31H,11-21,28H2,1-8H3,(H2,52,69)(H2,53,70)(H,54,56,71)(H,55,57,72)/b10-9+. The largest absolute Gasteiger partial charge is 0.494 e. The molecule has 9 rings (SSSR count). The van der Waals surface area contributed by atoms with Crippen LogP contribution in [-0.2, 0) is 45.0 Å². The van der Waals surface area contributed by atoms with E-state index < -0.39 is 29.2 Å². The van der Waals surface area contributed by atoms with Gasteiger partial charge in [-0.15, -0.1) is 10.2 Å². The number of anilines is 2. The van der Waals surface area contributed by atoms with E-state index >= 15 is 0 Å². The summed E-state index contributed by atoms with van der Waals surface area (Å²) in [6.45, 7) is 13.7. The normalized spacial score (nSPS) is 14.4. The lowest BCUT2D eigenvalue weighted by Crippen LogP contribution is -2.42. The van der Waals surface area contributed by atoms with Crippen molar-refractivity contribution < 1.29 is 38.2 Å². The van der Waals surface area contributed by atoms with Crippen molar-refractivity contribution in [2.24, 2.45) is 25.6 Å². The van der Waals surface area contributed by atoms with Crippen LogP contribution in [0.3, 0.4) is 0 Å². The molecule has 2 aliphatic rings. The second-order valence-electron chi connectivity index (χ2n) is 20.0. The molecule has 1 saturated heterocycles. The number of ether oxygens (including phenoxy) is 3. The number of hydrogen-bond acceptors (Lipinski definition) is 15. The van der Waals surface area contributed by atoms with Crippen molar-refractivity contribution in [3.63, 3.8) is 0 Å². The lowest BCUT2D eigenvalue weighted by molar-refractivity contribution is 0.0193. The molecule has 400 valence electrons. The van der Waals surface area contributed by atoms with Gasteiger partial charge in [0.05, 0.1) is 42.7 Å². The topological polar surface area (TPSA) is 298 Å². The minimum Gasteiger partial charge on any atom is -0.494 e. The van der Waals surface area contributed by atoms with Crippen LogP contribution in [0.25, 0.3) is 22.1 Å². The number of nitrogens with zero attached hydrogens (tertiary/aromatic N) is 13. The van der Waals surface area contributed by atoms with E-state index in [0.29, 0.717) is 89.0 Å². The molecule has 0 spiro atoms. The van der Waals surface area contributed by atoms with E-state index in [9.17, 15) is 24.0 Å². The minimum atomic E-state index is -0.679. The number of benzene rings is 2. The smallest absolute Gasteiger partial charge is 0.410 e. The van der Waals surface area contributed by atoms with Crippen LogP contribution in [0.4, 0.5) is 16.7 Å². The predicted octanol–water partition coefficient (Wildman–Crippen LogP) is 4.43. The fourth-order valence-electron chi connectivity index (χ4n) is 9.74. The lowest BCUT2D eigenvalue weighted by Gasteiger charge is -2.33. The second kappa shape index (κ2) is 21.3. The summed E-state index contributed by atoms with van der Waals surface area (Å²) in [5, 5.41) is 23.5. The summed E-state index contributed by atoms with van der Waals surface area (Å²) >= 11 is 0. The Kier molecular flexibility index (Phi) is 14.7. The Balaban J connectivity index is 0.939. The van der Waals surface area contributed by atoms with Crippen LogP contribution in [0, 0.1) is 13.8 Å². The van der Waals surface area contributed by atoms with Gasteiger partial charge in [0.15, 0.2) is 5.82 Å². The number of allylic oxidation sites excluding steroid dienone is 2. The number of aryl methyl sites for hydroxylation is 4. The fourth-order valence-corrected chi connectivity index (χ4v) is 9.74. The summed E-state index contributed by atoms with van der Waals surface area (Å²) in [5.74, 6) is 0.651. The third kappa shape index (κ3) is 11.1. The van der Waals surface area contributed by atoms with Crippen molar-refractivity contribution in [1.29, 1.82) is 0 Å². The third-order valence-electron chi connectivity index (χ3n) is 13.3. The highest BCUT2D eigenvalue weighted by molar-refractivity contribution is 6.05. The monoisotopic (exact) mass is 1040 g/mol. The van der Waals surface area contributed by atoms with Gasteiger partial charge in [0.25, 0.3) is 11.8 Å². The van der Waals surface area contributed by atoms with Crippen molar-refractivity contribution in [3.8, 4) is 11.5 Å². The Morgan fingerprint density at radius 2 is 1.28 bits per heavy atom.